The van der Waals surface area contributed by atoms with E-state index in [0.717, 1.165) is 16.7 Å². The van der Waals surface area contributed by atoms with Crippen molar-refractivity contribution in [1.82, 2.24) is 9.88 Å². The molecular formula is C29H28N4O5S2. The Labute approximate surface area is 236 Å². The van der Waals surface area contributed by atoms with Gasteiger partial charge in [-0.05, 0) is 49.6 Å². The molecule has 40 heavy (non-hydrogen) atoms. The van der Waals surface area contributed by atoms with Gasteiger partial charge in [-0.2, -0.15) is 0 Å². The van der Waals surface area contributed by atoms with Gasteiger partial charge < -0.3 is 10.1 Å². The topological polar surface area (TPSA) is 118 Å². The zero-order chi connectivity index (χ0) is 28.1. The minimum Gasteiger partial charge on any atom is -0.445 e. The van der Waals surface area contributed by atoms with Crippen molar-refractivity contribution in [2.75, 3.05) is 16.6 Å². The highest BCUT2D eigenvalue weighted by atomic mass is 32.2. The molecule has 0 saturated carbocycles. The van der Waals surface area contributed by atoms with Crippen LogP contribution in [0.5, 0.6) is 0 Å². The van der Waals surface area contributed by atoms with E-state index >= 15 is 0 Å². The molecule has 0 radical (unpaired) electrons. The molecular weight excluding hydrogens is 548 g/mol. The Bertz CT molecular complexity index is 1590. The third-order valence-corrected chi connectivity index (χ3v) is 8.65. The smallest absolute Gasteiger partial charge is 0.410 e. The van der Waals surface area contributed by atoms with E-state index in [1.165, 1.54) is 16.2 Å². The summed E-state index contributed by atoms with van der Waals surface area (Å²) in [6, 6.07) is 22.2. The van der Waals surface area contributed by atoms with Gasteiger partial charge in [0.05, 0.1) is 10.6 Å². The zero-order valence-corrected chi connectivity index (χ0v) is 23.4. The van der Waals surface area contributed by atoms with Gasteiger partial charge in [0, 0.05) is 23.2 Å². The van der Waals surface area contributed by atoms with E-state index in [4.69, 9.17) is 4.74 Å². The summed E-state index contributed by atoms with van der Waals surface area (Å²) in [6.45, 7) is 2.49. The van der Waals surface area contributed by atoms with E-state index in [-0.39, 0.29) is 17.4 Å². The monoisotopic (exact) mass is 576 g/mol. The molecule has 5 rings (SSSR count). The number of anilines is 2. The molecule has 0 bridgehead atoms. The van der Waals surface area contributed by atoms with Crippen molar-refractivity contribution in [2.45, 2.75) is 37.3 Å². The number of aromatic nitrogens is 1. The van der Waals surface area contributed by atoms with Crippen molar-refractivity contribution in [1.29, 1.82) is 0 Å². The fourth-order valence-electron chi connectivity index (χ4n) is 4.35. The third-order valence-electron chi connectivity index (χ3n) is 6.49. The summed E-state index contributed by atoms with van der Waals surface area (Å²) in [5.74, 6) is -0.309. The number of hydrogen-bond donors (Lipinski definition) is 2. The number of rotatable bonds is 8. The lowest BCUT2D eigenvalue weighted by atomic mass is 10.1. The number of aryl methyl sites for hydroxylation is 1. The molecule has 2 heterocycles. The van der Waals surface area contributed by atoms with Crippen LogP contribution in [-0.4, -0.2) is 42.9 Å². The Kier molecular flexibility index (Phi) is 8.13. The highest BCUT2D eigenvalue weighted by Crippen LogP contribution is 2.28. The molecule has 1 aliphatic rings. The minimum absolute atomic E-state index is 0.145. The number of nitrogens with one attached hydrogen (secondary N) is 2. The van der Waals surface area contributed by atoms with Crippen LogP contribution in [0.1, 0.15) is 24.0 Å². The first-order chi connectivity index (χ1) is 19.3. The Morgan fingerprint density at radius 3 is 2.48 bits per heavy atom. The number of likely N-dealkylation sites (tertiary alicyclic amines) is 1. The lowest BCUT2D eigenvalue weighted by molar-refractivity contribution is -0.120. The average Bonchev–Trinajstić information content (AvgIpc) is 3.63. The molecule has 9 nitrogen and oxygen atoms in total. The SMILES string of the molecule is Cc1ccc(S(=O)(=O)Nc2ccc(-c3csc(NC(=O)[C@@H]4CCCN4C(=O)OCc4ccccc4)n3)cc2)cc1. The highest BCUT2D eigenvalue weighted by molar-refractivity contribution is 7.92. The first-order valence-electron chi connectivity index (χ1n) is 12.7. The van der Waals surface area contributed by atoms with E-state index in [2.05, 4.69) is 15.0 Å². The maximum Gasteiger partial charge on any atom is 0.410 e. The van der Waals surface area contributed by atoms with Crippen molar-refractivity contribution in [2.24, 2.45) is 0 Å². The lowest BCUT2D eigenvalue weighted by Gasteiger charge is -2.22. The van der Waals surface area contributed by atoms with Crippen molar-refractivity contribution >= 4 is 44.2 Å². The van der Waals surface area contributed by atoms with Gasteiger partial charge >= 0.3 is 6.09 Å². The molecule has 1 atom stereocenters. The zero-order valence-electron chi connectivity index (χ0n) is 21.7. The van der Waals surface area contributed by atoms with Gasteiger partial charge in [0.1, 0.15) is 12.6 Å². The minimum atomic E-state index is -3.70. The van der Waals surface area contributed by atoms with Crippen LogP contribution in [-0.2, 0) is 26.2 Å². The molecule has 1 fully saturated rings. The van der Waals surface area contributed by atoms with Crippen LogP contribution in [0.2, 0.25) is 0 Å². The van der Waals surface area contributed by atoms with Crippen LogP contribution in [0.4, 0.5) is 15.6 Å². The molecule has 3 aromatic carbocycles. The number of ether oxygens (including phenoxy) is 1. The number of amides is 2. The molecule has 1 saturated heterocycles. The van der Waals surface area contributed by atoms with Crippen molar-refractivity contribution < 1.29 is 22.7 Å². The van der Waals surface area contributed by atoms with E-state index in [0.29, 0.717) is 35.9 Å². The summed E-state index contributed by atoms with van der Waals surface area (Å²) < 4.78 is 33.3. The van der Waals surface area contributed by atoms with Gasteiger partial charge in [0.25, 0.3) is 10.0 Å². The number of thiazole rings is 1. The molecule has 11 heteroatoms. The first kappa shape index (κ1) is 27.4. The Morgan fingerprint density at radius 1 is 1.02 bits per heavy atom. The molecule has 0 unspecified atom stereocenters. The molecule has 0 aliphatic carbocycles. The molecule has 1 aromatic heterocycles. The summed E-state index contributed by atoms with van der Waals surface area (Å²) in [5.41, 5.74) is 3.68. The standard InChI is InChI=1S/C29H28N4O5S2/c1-20-9-15-24(16-10-20)40(36,37)32-23-13-11-22(12-14-23)25-19-39-28(30-25)31-27(34)26-8-5-17-33(26)29(35)38-18-21-6-3-2-4-7-21/h2-4,6-7,9-16,19,26,32H,5,8,17-18H2,1H3,(H,30,31,34)/t26-/m0/s1. The van der Waals surface area contributed by atoms with Gasteiger partial charge in [-0.25, -0.2) is 18.2 Å². The summed E-state index contributed by atoms with van der Waals surface area (Å²) in [6.07, 6.45) is 0.742. The molecule has 2 amide bonds. The van der Waals surface area contributed by atoms with Gasteiger partial charge in [-0.1, -0.05) is 60.2 Å². The molecule has 1 aliphatic heterocycles. The second-order valence-electron chi connectivity index (χ2n) is 9.41. The number of carbonyl (C=O) groups excluding carboxylic acids is 2. The summed E-state index contributed by atoms with van der Waals surface area (Å²) >= 11 is 1.27. The van der Waals surface area contributed by atoms with Crippen molar-refractivity contribution in [3.63, 3.8) is 0 Å². The van der Waals surface area contributed by atoms with E-state index in [1.54, 1.807) is 48.5 Å². The maximum atomic E-state index is 13.0. The fourth-order valence-corrected chi connectivity index (χ4v) is 6.13. The molecule has 4 aromatic rings. The molecule has 0 spiro atoms. The van der Waals surface area contributed by atoms with E-state index in [9.17, 15) is 18.0 Å². The van der Waals surface area contributed by atoms with Gasteiger partial charge in [-0.3, -0.25) is 14.4 Å². The van der Waals surface area contributed by atoms with Crippen molar-refractivity contribution in [3.8, 4) is 11.3 Å². The number of benzene rings is 3. The Hall–Kier alpha value is -4.22. The number of carbonyl (C=O) groups is 2. The summed E-state index contributed by atoms with van der Waals surface area (Å²) in [5, 5.41) is 5.04. The lowest BCUT2D eigenvalue weighted by Crippen LogP contribution is -2.43. The van der Waals surface area contributed by atoms with Crippen molar-refractivity contribution in [3.05, 3.63) is 95.4 Å². The first-order valence-corrected chi connectivity index (χ1v) is 15.1. The molecule has 206 valence electrons. The van der Waals surface area contributed by atoms with Crippen LogP contribution < -0.4 is 10.0 Å². The van der Waals surface area contributed by atoms with Crippen LogP contribution in [0, 0.1) is 6.92 Å². The van der Waals surface area contributed by atoms with Crippen LogP contribution >= 0.6 is 11.3 Å². The highest BCUT2D eigenvalue weighted by Gasteiger charge is 2.35. The van der Waals surface area contributed by atoms with Crippen LogP contribution in [0.15, 0.2) is 89.1 Å². The summed E-state index contributed by atoms with van der Waals surface area (Å²) in [7, 11) is -3.70. The Balaban J connectivity index is 1.18. The van der Waals surface area contributed by atoms with Gasteiger partial charge in [-0.15, -0.1) is 11.3 Å². The van der Waals surface area contributed by atoms with E-state index in [1.807, 2.05) is 42.6 Å². The van der Waals surface area contributed by atoms with Gasteiger partial charge in [0.15, 0.2) is 5.13 Å². The predicted molar refractivity (Wildman–Crippen MR) is 155 cm³/mol. The summed E-state index contributed by atoms with van der Waals surface area (Å²) in [4.78, 5) is 31.8. The van der Waals surface area contributed by atoms with Gasteiger partial charge in [0.2, 0.25) is 5.91 Å². The average molecular weight is 577 g/mol. The fraction of sp³-hybridized carbons (Fsp3) is 0.207. The Morgan fingerprint density at radius 2 is 1.75 bits per heavy atom. The quantitative estimate of drug-likeness (QED) is 0.280. The van der Waals surface area contributed by atoms with Crippen LogP contribution in [0.3, 0.4) is 0 Å². The normalized spacial score (nSPS) is 15.0. The second kappa shape index (κ2) is 11.9. The van der Waals surface area contributed by atoms with Crippen LogP contribution in [0.25, 0.3) is 11.3 Å². The number of nitrogens with zero attached hydrogens (tertiary/aromatic N) is 2. The maximum absolute atomic E-state index is 13.0. The molecule has 2 N–H and O–H groups in total. The predicted octanol–water partition coefficient (Wildman–Crippen LogP) is 5.66. The number of hydrogen-bond acceptors (Lipinski definition) is 7. The largest absolute Gasteiger partial charge is 0.445 e. The number of sulfonamides is 1. The second-order valence-corrected chi connectivity index (χ2v) is 12.0. The third kappa shape index (κ3) is 6.49. The van der Waals surface area contributed by atoms with E-state index < -0.39 is 22.2 Å².